The third kappa shape index (κ3) is 4.97. The predicted octanol–water partition coefficient (Wildman–Crippen LogP) is 2.53. The fourth-order valence-electron chi connectivity index (χ4n) is 5.66. The van der Waals surface area contributed by atoms with Crippen molar-refractivity contribution < 1.29 is 9.59 Å². The van der Waals surface area contributed by atoms with Crippen LogP contribution in [0.2, 0.25) is 0 Å². The fourth-order valence-corrected chi connectivity index (χ4v) is 6.06. The molecule has 27 heavy (non-hydrogen) atoms. The lowest BCUT2D eigenvalue weighted by molar-refractivity contribution is -0.132. The number of alkyl halides is 1. The third-order valence-corrected chi connectivity index (χ3v) is 7.66. The molecule has 0 spiro atoms. The predicted molar refractivity (Wildman–Crippen MR) is 108 cm³/mol. The van der Waals surface area contributed by atoms with Crippen LogP contribution in [-0.2, 0) is 9.59 Å². The van der Waals surface area contributed by atoms with Gasteiger partial charge in [-0.2, -0.15) is 0 Å². The van der Waals surface area contributed by atoms with Gasteiger partial charge in [0.15, 0.2) is 0 Å². The van der Waals surface area contributed by atoms with Gasteiger partial charge in [-0.05, 0) is 75.8 Å². The summed E-state index contributed by atoms with van der Waals surface area (Å²) in [6.45, 7) is 8.96. The summed E-state index contributed by atoms with van der Waals surface area (Å²) in [5.74, 6) is 1.83. The Balaban J connectivity index is 1.58. The Kier molecular flexibility index (Phi) is 7.07. The number of amides is 2. The molecule has 1 saturated carbocycles. The fraction of sp³-hybridized carbons (Fsp3) is 0.905. The zero-order valence-corrected chi connectivity index (χ0v) is 17.7. The summed E-state index contributed by atoms with van der Waals surface area (Å²) in [6.07, 6.45) is 5.11. The van der Waals surface area contributed by atoms with Gasteiger partial charge in [-0.25, -0.2) is 0 Å². The van der Waals surface area contributed by atoms with E-state index in [1.165, 1.54) is 12.8 Å². The minimum atomic E-state index is -0.129. The van der Waals surface area contributed by atoms with Gasteiger partial charge in [0.1, 0.15) is 0 Å². The summed E-state index contributed by atoms with van der Waals surface area (Å²) < 4.78 is 0. The van der Waals surface area contributed by atoms with E-state index in [2.05, 4.69) is 29.8 Å². The largest absolute Gasteiger partial charge is 0.355 e. The Morgan fingerprint density at radius 3 is 2.52 bits per heavy atom. The first kappa shape index (κ1) is 20.9. The molecule has 0 aromatic rings. The van der Waals surface area contributed by atoms with Gasteiger partial charge in [0.2, 0.25) is 11.8 Å². The molecule has 0 radical (unpaired) electrons. The van der Waals surface area contributed by atoms with Gasteiger partial charge >= 0.3 is 0 Å². The molecule has 2 aliphatic heterocycles. The monoisotopic (exact) mass is 397 g/mol. The van der Waals surface area contributed by atoms with Crippen molar-refractivity contribution in [1.29, 1.82) is 0 Å². The summed E-state index contributed by atoms with van der Waals surface area (Å²) in [5, 5.41) is 9.62. The lowest BCUT2D eigenvalue weighted by Crippen LogP contribution is -2.52. The van der Waals surface area contributed by atoms with Crippen LogP contribution in [0.15, 0.2) is 0 Å². The molecule has 1 aliphatic carbocycles. The maximum absolute atomic E-state index is 13.0. The van der Waals surface area contributed by atoms with Crippen LogP contribution in [0.1, 0.15) is 52.9 Å². The van der Waals surface area contributed by atoms with E-state index in [-0.39, 0.29) is 35.1 Å². The molecule has 0 aromatic heterocycles. The smallest absolute Gasteiger partial charge is 0.225 e. The van der Waals surface area contributed by atoms with Crippen LogP contribution >= 0.6 is 11.6 Å². The summed E-state index contributed by atoms with van der Waals surface area (Å²) in [6, 6.07) is 0.223. The maximum atomic E-state index is 13.0. The molecule has 0 aromatic carbocycles. The topological polar surface area (TPSA) is 70.2 Å². The highest BCUT2D eigenvalue weighted by Crippen LogP contribution is 2.43. The van der Waals surface area contributed by atoms with Crippen molar-refractivity contribution in [2.45, 2.75) is 64.3 Å². The van der Waals surface area contributed by atoms with Crippen LogP contribution in [0.25, 0.3) is 0 Å². The van der Waals surface area contributed by atoms with E-state index >= 15 is 0 Å². The zero-order chi connectivity index (χ0) is 19.6. The van der Waals surface area contributed by atoms with Crippen molar-refractivity contribution in [2.75, 3.05) is 19.6 Å². The van der Waals surface area contributed by atoms with E-state index in [0.717, 1.165) is 32.4 Å². The minimum absolute atomic E-state index is 0.0398. The van der Waals surface area contributed by atoms with Crippen LogP contribution in [-0.4, -0.2) is 42.9 Å². The highest BCUT2D eigenvalue weighted by Gasteiger charge is 2.42. The van der Waals surface area contributed by atoms with Gasteiger partial charge < -0.3 is 16.0 Å². The van der Waals surface area contributed by atoms with Gasteiger partial charge in [0, 0.05) is 23.9 Å². The first-order chi connectivity index (χ1) is 12.9. The van der Waals surface area contributed by atoms with Crippen LogP contribution < -0.4 is 16.0 Å². The van der Waals surface area contributed by atoms with Crippen molar-refractivity contribution in [3.8, 4) is 0 Å². The highest BCUT2D eigenvalue weighted by molar-refractivity contribution is 6.20. The second-order valence-corrected chi connectivity index (χ2v) is 9.88. The van der Waals surface area contributed by atoms with E-state index in [1.807, 2.05) is 6.92 Å². The molecule has 2 heterocycles. The lowest BCUT2D eigenvalue weighted by Gasteiger charge is -2.43. The van der Waals surface area contributed by atoms with Gasteiger partial charge in [-0.3, -0.25) is 9.59 Å². The van der Waals surface area contributed by atoms with E-state index < -0.39 is 0 Å². The summed E-state index contributed by atoms with van der Waals surface area (Å²) >= 11 is 6.59. The van der Waals surface area contributed by atoms with E-state index in [1.54, 1.807) is 0 Å². The highest BCUT2D eigenvalue weighted by atomic mass is 35.5. The Morgan fingerprint density at radius 2 is 1.85 bits per heavy atom. The summed E-state index contributed by atoms with van der Waals surface area (Å²) in [4.78, 5) is 25.3. The molecular weight excluding hydrogens is 362 g/mol. The molecule has 2 saturated heterocycles. The quantitative estimate of drug-likeness (QED) is 0.638. The zero-order valence-electron chi connectivity index (χ0n) is 17.0. The molecule has 5 nitrogen and oxygen atoms in total. The van der Waals surface area contributed by atoms with Crippen LogP contribution in [0.5, 0.6) is 0 Å². The number of halogens is 1. The first-order valence-corrected chi connectivity index (χ1v) is 11.2. The lowest BCUT2D eigenvalue weighted by atomic mass is 9.65. The summed E-state index contributed by atoms with van der Waals surface area (Å²) in [5.41, 5.74) is 0. The van der Waals surface area contributed by atoms with Gasteiger partial charge in [-0.1, -0.05) is 13.8 Å². The maximum Gasteiger partial charge on any atom is 0.225 e. The molecule has 3 rings (SSSR count). The van der Waals surface area contributed by atoms with E-state index in [0.29, 0.717) is 30.2 Å². The van der Waals surface area contributed by atoms with Crippen molar-refractivity contribution in [2.24, 2.45) is 35.5 Å². The Morgan fingerprint density at radius 1 is 1.15 bits per heavy atom. The number of nitrogens with one attached hydrogen (secondary N) is 3. The number of hydrogen-bond acceptors (Lipinski definition) is 3. The van der Waals surface area contributed by atoms with Crippen LogP contribution in [0.3, 0.4) is 0 Å². The third-order valence-electron chi connectivity index (χ3n) is 7.31. The van der Waals surface area contributed by atoms with Gasteiger partial charge in [0.25, 0.3) is 0 Å². The molecule has 7 atom stereocenters. The van der Waals surface area contributed by atoms with Crippen LogP contribution in [0.4, 0.5) is 0 Å². The number of rotatable bonds is 4. The molecule has 154 valence electrons. The van der Waals surface area contributed by atoms with E-state index in [9.17, 15) is 9.59 Å². The van der Waals surface area contributed by atoms with Crippen molar-refractivity contribution >= 4 is 23.4 Å². The normalized spacial score (nSPS) is 41.0. The summed E-state index contributed by atoms with van der Waals surface area (Å²) in [7, 11) is 0. The average molecular weight is 398 g/mol. The Hall–Kier alpha value is -0.810. The second kappa shape index (κ2) is 9.13. The number of piperidine rings is 2. The number of carbonyl (C=O) groups excluding carboxylic acids is 2. The minimum Gasteiger partial charge on any atom is -0.355 e. The molecule has 3 N–H and O–H groups in total. The van der Waals surface area contributed by atoms with Gasteiger partial charge in [0.05, 0.1) is 5.92 Å². The second-order valence-electron chi connectivity index (χ2n) is 9.26. The van der Waals surface area contributed by atoms with Crippen molar-refractivity contribution in [3.63, 3.8) is 0 Å². The molecule has 7 unspecified atom stereocenters. The van der Waals surface area contributed by atoms with E-state index in [4.69, 9.17) is 11.6 Å². The number of hydrogen-bond donors (Lipinski definition) is 3. The Labute approximate surface area is 168 Å². The van der Waals surface area contributed by atoms with Gasteiger partial charge in [-0.15, -0.1) is 11.6 Å². The van der Waals surface area contributed by atoms with Crippen molar-refractivity contribution in [3.05, 3.63) is 0 Å². The standard InChI is InChI=1S/C21H36ClN3O2/c1-12-8-13(2)25-21(27)19(12)11-24-20(26)18-10-16(22)9-17(14(18)3)15-4-6-23-7-5-15/h12-19,23H,4-11H2,1-3H3,(H,24,26)(H,25,27). The number of carbonyl (C=O) groups is 2. The SMILES string of the molecule is CC1CC(C)C(CNC(=O)C2CC(Cl)CC(C3CCNCC3)C2C)C(=O)N1. The molecule has 6 heteroatoms. The molecule has 3 aliphatic rings. The first-order valence-electron chi connectivity index (χ1n) is 10.8. The van der Waals surface area contributed by atoms with Crippen molar-refractivity contribution in [1.82, 2.24) is 16.0 Å². The average Bonchev–Trinajstić information content (AvgIpc) is 2.63. The molecule has 3 fully saturated rings. The Bertz CT molecular complexity index is 538. The molecular formula is C21H36ClN3O2. The molecule has 0 bridgehead atoms. The molecule has 2 amide bonds. The van der Waals surface area contributed by atoms with Crippen LogP contribution in [0, 0.1) is 35.5 Å².